The number of para-hydroxylation sites is 1. The molecule has 3 aromatic rings. The minimum Gasteiger partial charge on any atom is -0.493 e. The quantitative estimate of drug-likeness (QED) is 0.530. The third-order valence-corrected chi connectivity index (χ3v) is 5.10. The zero-order valence-corrected chi connectivity index (χ0v) is 17.7. The predicted molar refractivity (Wildman–Crippen MR) is 115 cm³/mol. The van der Waals surface area contributed by atoms with Crippen molar-refractivity contribution in [2.45, 2.75) is 13.0 Å². The number of nitrogens with one attached hydrogen (secondary N) is 1. The van der Waals surface area contributed by atoms with Crippen molar-refractivity contribution in [3.8, 4) is 28.1 Å². The van der Waals surface area contributed by atoms with Crippen molar-refractivity contribution in [1.82, 2.24) is 4.98 Å². The number of amides is 1. The molecule has 31 heavy (non-hydrogen) atoms. The van der Waals surface area contributed by atoms with Crippen molar-refractivity contribution >= 4 is 28.9 Å². The summed E-state index contributed by atoms with van der Waals surface area (Å²) < 4.78 is 16.1. The number of carbonyl (C=O) groups is 2. The molecule has 158 valence electrons. The molecule has 0 atom stereocenters. The number of rotatable bonds is 8. The molecule has 0 saturated heterocycles. The number of esters is 1. The molecular formula is C22H19N3O5S. The first-order chi connectivity index (χ1) is 15.0. The van der Waals surface area contributed by atoms with Crippen LogP contribution in [0.4, 0.5) is 5.69 Å². The molecule has 8 nitrogen and oxygen atoms in total. The van der Waals surface area contributed by atoms with Gasteiger partial charge in [-0.3, -0.25) is 4.79 Å². The van der Waals surface area contributed by atoms with Crippen molar-refractivity contribution in [3.05, 3.63) is 59.1 Å². The van der Waals surface area contributed by atoms with Gasteiger partial charge in [-0.25, -0.2) is 9.78 Å². The molecule has 0 aliphatic heterocycles. The molecule has 3 rings (SSSR count). The van der Waals surface area contributed by atoms with Crippen LogP contribution in [0.1, 0.15) is 22.5 Å². The molecule has 1 aromatic heterocycles. The fraction of sp³-hybridized carbons (Fsp3) is 0.182. The molecule has 0 bridgehead atoms. The van der Waals surface area contributed by atoms with E-state index in [0.717, 1.165) is 10.6 Å². The van der Waals surface area contributed by atoms with Gasteiger partial charge in [0.15, 0.2) is 11.5 Å². The Morgan fingerprint density at radius 1 is 1.13 bits per heavy atom. The van der Waals surface area contributed by atoms with Crippen LogP contribution in [0.5, 0.6) is 11.5 Å². The number of ether oxygens (including phenoxy) is 3. The molecule has 1 amide bonds. The Balaban J connectivity index is 1.63. The zero-order chi connectivity index (χ0) is 22.2. The van der Waals surface area contributed by atoms with Gasteiger partial charge in [0, 0.05) is 11.1 Å². The average Bonchev–Trinajstić information content (AvgIpc) is 3.26. The summed E-state index contributed by atoms with van der Waals surface area (Å²) in [6.45, 7) is 0.0161. The van der Waals surface area contributed by atoms with Crippen molar-refractivity contribution < 1.29 is 23.8 Å². The van der Waals surface area contributed by atoms with Gasteiger partial charge in [-0.1, -0.05) is 6.07 Å². The van der Waals surface area contributed by atoms with E-state index < -0.39 is 11.9 Å². The van der Waals surface area contributed by atoms with Gasteiger partial charge in [-0.15, -0.1) is 11.3 Å². The molecule has 1 heterocycles. The van der Waals surface area contributed by atoms with Gasteiger partial charge in [0.25, 0.3) is 0 Å². The molecule has 0 aliphatic rings. The van der Waals surface area contributed by atoms with E-state index >= 15 is 0 Å². The summed E-state index contributed by atoms with van der Waals surface area (Å²) in [7, 11) is 3.14. The molecule has 0 saturated carbocycles. The SMILES string of the molecule is COc1cccc(-c2nc(COC(=O)c3ccc(NC(=O)CC#N)cc3)cs2)c1OC. The smallest absolute Gasteiger partial charge is 0.338 e. The first-order valence-corrected chi connectivity index (χ1v) is 10.0. The highest BCUT2D eigenvalue weighted by atomic mass is 32.1. The van der Waals surface area contributed by atoms with E-state index in [2.05, 4.69) is 10.3 Å². The van der Waals surface area contributed by atoms with Crippen molar-refractivity contribution in [2.75, 3.05) is 19.5 Å². The molecule has 2 aromatic carbocycles. The van der Waals surface area contributed by atoms with E-state index in [4.69, 9.17) is 19.5 Å². The Labute approximate surface area is 183 Å². The van der Waals surface area contributed by atoms with Crippen LogP contribution in [0.25, 0.3) is 10.6 Å². The molecular weight excluding hydrogens is 418 g/mol. The van der Waals surface area contributed by atoms with Crippen molar-refractivity contribution in [2.24, 2.45) is 0 Å². The number of nitrogens with zero attached hydrogens (tertiary/aromatic N) is 2. The maximum atomic E-state index is 12.3. The summed E-state index contributed by atoms with van der Waals surface area (Å²) in [4.78, 5) is 28.3. The second-order valence-corrected chi connectivity index (χ2v) is 7.08. The third-order valence-electron chi connectivity index (χ3n) is 4.18. The Morgan fingerprint density at radius 3 is 2.58 bits per heavy atom. The van der Waals surface area contributed by atoms with Crippen LogP contribution >= 0.6 is 11.3 Å². The molecule has 0 aliphatic carbocycles. The van der Waals surface area contributed by atoms with Crippen LogP contribution in [0.2, 0.25) is 0 Å². The van der Waals surface area contributed by atoms with E-state index in [1.54, 1.807) is 38.5 Å². The highest BCUT2D eigenvalue weighted by Gasteiger charge is 2.15. The van der Waals surface area contributed by atoms with E-state index in [0.29, 0.717) is 28.4 Å². The van der Waals surface area contributed by atoms with E-state index in [1.807, 2.05) is 17.5 Å². The molecule has 0 radical (unpaired) electrons. The van der Waals surface area contributed by atoms with Crippen LogP contribution < -0.4 is 14.8 Å². The summed E-state index contributed by atoms with van der Waals surface area (Å²) >= 11 is 1.41. The lowest BCUT2D eigenvalue weighted by Gasteiger charge is -2.10. The van der Waals surface area contributed by atoms with Crippen LogP contribution in [0, 0.1) is 11.3 Å². The van der Waals surface area contributed by atoms with Gasteiger partial charge < -0.3 is 19.5 Å². The number of hydrogen-bond donors (Lipinski definition) is 1. The Hall–Kier alpha value is -3.90. The largest absolute Gasteiger partial charge is 0.493 e. The topological polar surface area (TPSA) is 111 Å². The van der Waals surface area contributed by atoms with Gasteiger partial charge in [-0.2, -0.15) is 5.26 Å². The summed E-state index contributed by atoms with van der Waals surface area (Å²) in [6, 6.07) is 13.5. The van der Waals surface area contributed by atoms with Crippen LogP contribution in [-0.2, 0) is 16.1 Å². The summed E-state index contributed by atoms with van der Waals surface area (Å²) in [5.74, 6) is 0.272. The number of aromatic nitrogens is 1. The number of anilines is 1. The first kappa shape index (κ1) is 21.8. The van der Waals surface area contributed by atoms with Crippen LogP contribution in [0.3, 0.4) is 0 Å². The lowest BCUT2D eigenvalue weighted by atomic mass is 10.2. The normalized spacial score (nSPS) is 10.1. The van der Waals surface area contributed by atoms with E-state index in [1.165, 1.54) is 23.5 Å². The first-order valence-electron chi connectivity index (χ1n) is 9.15. The zero-order valence-electron chi connectivity index (χ0n) is 16.9. The fourth-order valence-corrected chi connectivity index (χ4v) is 3.57. The maximum absolute atomic E-state index is 12.3. The number of thiazole rings is 1. The number of methoxy groups -OCH3 is 2. The molecule has 0 fully saturated rings. The van der Waals surface area contributed by atoms with E-state index in [-0.39, 0.29) is 13.0 Å². The van der Waals surface area contributed by atoms with Crippen molar-refractivity contribution in [3.63, 3.8) is 0 Å². The maximum Gasteiger partial charge on any atom is 0.338 e. The third kappa shape index (κ3) is 5.38. The van der Waals surface area contributed by atoms with Gasteiger partial charge in [0.05, 0.1) is 37.1 Å². The minimum absolute atomic E-state index is 0.0161. The molecule has 1 N–H and O–H groups in total. The Bertz CT molecular complexity index is 1120. The second-order valence-electron chi connectivity index (χ2n) is 6.22. The highest BCUT2D eigenvalue weighted by Crippen LogP contribution is 2.39. The standard InChI is InChI=1S/C22H19N3O5S/c1-28-18-5-3-4-17(20(18)29-2)21-25-16(13-31-21)12-30-22(27)14-6-8-15(9-7-14)24-19(26)10-11-23/h3-9,13H,10,12H2,1-2H3,(H,24,26). The summed E-state index contributed by atoms with van der Waals surface area (Å²) in [6.07, 6.45) is -0.235. The molecule has 9 heteroatoms. The number of benzene rings is 2. The Morgan fingerprint density at radius 2 is 1.90 bits per heavy atom. The number of nitriles is 1. The summed E-state index contributed by atoms with van der Waals surface area (Å²) in [5.41, 5.74) is 2.23. The van der Waals surface area contributed by atoms with E-state index in [9.17, 15) is 9.59 Å². The van der Waals surface area contributed by atoms with Crippen LogP contribution in [-0.4, -0.2) is 31.1 Å². The lowest BCUT2D eigenvalue weighted by Crippen LogP contribution is -2.10. The highest BCUT2D eigenvalue weighted by molar-refractivity contribution is 7.13. The number of hydrogen-bond acceptors (Lipinski definition) is 8. The average molecular weight is 437 g/mol. The van der Waals surface area contributed by atoms with Gasteiger partial charge in [0.1, 0.15) is 18.0 Å². The lowest BCUT2D eigenvalue weighted by molar-refractivity contribution is -0.115. The van der Waals surface area contributed by atoms with Gasteiger partial charge in [0.2, 0.25) is 5.91 Å². The molecule has 0 unspecified atom stereocenters. The Kier molecular flexibility index (Phi) is 7.19. The van der Waals surface area contributed by atoms with Gasteiger partial charge >= 0.3 is 5.97 Å². The monoisotopic (exact) mass is 437 g/mol. The fourth-order valence-electron chi connectivity index (χ4n) is 2.74. The van der Waals surface area contributed by atoms with Crippen molar-refractivity contribution in [1.29, 1.82) is 5.26 Å². The predicted octanol–water partition coefficient (Wildman–Crippen LogP) is 4.04. The minimum atomic E-state index is -0.511. The number of carbonyl (C=O) groups excluding carboxylic acids is 2. The summed E-state index contributed by atoms with van der Waals surface area (Å²) in [5, 5.41) is 13.6. The van der Waals surface area contributed by atoms with Gasteiger partial charge in [-0.05, 0) is 36.4 Å². The van der Waals surface area contributed by atoms with Crippen LogP contribution in [0.15, 0.2) is 47.8 Å². The molecule has 0 spiro atoms. The second kappa shape index (κ2) is 10.2.